The Balaban J connectivity index is 1.85. The zero-order valence-corrected chi connectivity index (χ0v) is 6.29. The molecule has 1 aromatic rings. The van der Waals surface area contributed by atoms with Gasteiger partial charge in [-0.3, -0.25) is 0 Å². The van der Waals surface area contributed by atoms with Crippen LogP contribution in [0.15, 0.2) is 30.3 Å². The first-order valence-corrected chi connectivity index (χ1v) is 3.92. The van der Waals surface area contributed by atoms with Crippen molar-refractivity contribution in [2.45, 2.75) is 18.9 Å². The molecule has 0 unspecified atom stereocenters. The summed E-state index contributed by atoms with van der Waals surface area (Å²) >= 11 is 0. The molecule has 1 aliphatic carbocycles. The zero-order chi connectivity index (χ0) is 7.52. The minimum absolute atomic E-state index is 0.593. The lowest BCUT2D eigenvalue weighted by molar-refractivity contribution is 0.190. The highest BCUT2D eigenvalue weighted by Crippen LogP contribution is 2.19. The van der Waals surface area contributed by atoms with Crippen molar-refractivity contribution < 1.29 is 4.84 Å². The fourth-order valence-electron chi connectivity index (χ4n) is 0.841. The van der Waals surface area contributed by atoms with Crippen molar-refractivity contribution in [3.63, 3.8) is 0 Å². The minimum Gasteiger partial charge on any atom is -0.408 e. The molecule has 0 saturated heterocycles. The van der Waals surface area contributed by atoms with E-state index in [4.69, 9.17) is 4.84 Å². The van der Waals surface area contributed by atoms with Gasteiger partial charge in [-0.15, -0.1) is 0 Å². The predicted octanol–water partition coefficient (Wildman–Crippen LogP) is 1.73. The smallest absolute Gasteiger partial charge is 0.147 e. The zero-order valence-electron chi connectivity index (χ0n) is 6.29. The molecule has 0 aliphatic heterocycles. The molecule has 1 fully saturated rings. The lowest BCUT2D eigenvalue weighted by Gasteiger charge is -2.03. The third-order valence-corrected chi connectivity index (χ3v) is 1.66. The highest BCUT2D eigenvalue weighted by atomic mass is 16.6. The molecule has 0 aromatic heterocycles. The van der Waals surface area contributed by atoms with Crippen molar-refractivity contribution in [1.82, 2.24) is 5.48 Å². The quantitative estimate of drug-likeness (QED) is 0.661. The van der Waals surface area contributed by atoms with Gasteiger partial charge in [0.1, 0.15) is 5.75 Å². The molecule has 0 atom stereocenters. The normalized spacial score (nSPS) is 16.4. The lowest BCUT2D eigenvalue weighted by atomic mass is 10.3. The predicted molar refractivity (Wildman–Crippen MR) is 43.2 cm³/mol. The highest BCUT2D eigenvalue weighted by Gasteiger charge is 2.21. The van der Waals surface area contributed by atoms with Gasteiger partial charge in [-0.1, -0.05) is 18.2 Å². The standard InChI is InChI=1S/C9H11NO/c1-2-4-9(5-3-1)11-10-8-6-7-8/h1-5,8,10H,6-7H2. The van der Waals surface area contributed by atoms with Crippen molar-refractivity contribution >= 4 is 0 Å². The molecule has 1 saturated carbocycles. The molecule has 0 radical (unpaired) electrons. The largest absolute Gasteiger partial charge is 0.408 e. The first-order chi connectivity index (χ1) is 5.45. The summed E-state index contributed by atoms with van der Waals surface area (Å²) in [6, 6.07) is 10.4. The van der Waals surface area contributed by atoms with Gasteiger partial charge in [0.2, 0.25) is 0 Å². The van der Waals surface area contributed by atoms with E-state index in [1.807, 2.05) is 30.3 Å². The van der Waals surface area contributed by atoms with Gasteiger partial charge < -0.3 is 4.84 Å². The summed E-state index contributed by atoms with van der Waals surface area (Å²) in [4.78, 5) is 5.28. The lowest BCUT2D eigenvalue weighted by Crippen LogP contribution is -2.20. The summed E-state index contributed by atoms with van der Waals surface area (Å²) < 4.78 is 0. The molecular formula is C9H11NO. The molecule has 0 amide bonds. The Labute approximate surface area is 66.1 Å². The molecule has 2 heteroatoms. The maximum atomic E-state index is 5.28. The topological polar surface area (TPSA) is 21.3 Å². The van der Waals surface area contributed by atoms with E-state index in [0.29, 0.717) is 6.04 Å². The summed E-state index contributed by atoms with van der Waals surface area (Å²) in [5, 5.41) is 0. The van der Waals surface area contributed by atoms with Crippen molar-refractivity contribution in [2.75, 3.05) is 0 Å². The van der Waals surface area contributed by atoms with Gasteiger partial charge in [-0.2, -0.15) is 5.48 Å². The van der Waals surface area contributed by atoms with E-state index in [9.17, 15) is 0 Å². The van der Waals surface area contributed by atoms with E-state index < -0.39 is 0 Å². The summed E-state index contributed by atoms with van der Waals surface area (Å²) in [5.74, 6) is 0.888. The molecule has 11 heavy (non-hydrogen) atoms. The number of hydroxylamine groups is 1. The van der Waals surface area contributed by atoms with E-state index in [-0.39, 0.29) is 0 Å². The van der Waals surface area contributed by atoms with Crippen molar-refractivity contribution in [3.8, 4) is 5.75 Å². The van der Waals surface area contributed by atoms with Gasteiger partial charge in [0.25, 0.3) is 0 Å². The number of para-hydroxylation sites is 1. The van der Waals surface area contributed by atoms with Crippen molar-refractivity contribution in [1.29, 1.82) is 0 Å². The van der Waals surface area contributed by atoms with Crippen LogP contribution in [-0.2, 0) is 0 Å². The third kappa shape index (κ3) is 1.95. The molecule has 0 heterocycles. The molecule has 0 spiro atoms. The molecule has 1 N–H and O–H groups in total. The Kier molecular flexibility index (Phi) is 1.78. The number of hydrogen-bond donors (Lipinski definition) is 1. The average molecular weight is 149 g/mol. The average Bonchev–Trinajstić information content (AvgIpc) is 2.86. The maximum Gasteiger partial charge on any atom is 0.147 e. The Morgan fingerprint density at radius 3 is 2.55 bits per heavy atom. The molecule has 2 nitrogen and oxygen atoms in total. The van der Waals surface area contributed by atoms with Gasteiger partial charge >= 0.3 is 0 Å². The Morgan fingerprint density at radius 1 is 1.18 bits per heavy atom. The van der Waals surface area contributed by atoms with Crippen LogP contribution in [0.1, 0.15) is 12.8 Å². The molecule has 1 aliphatic rings. The second-order valence-electron chi connectivity index (χ2n) is 2.81. The summed E-state index contributed by atoms with van der Waals surface area (Å²) in [7, 11) is 0. The van der Waals surface area contributed by atoms with Crippen LogP contribution < -0.4 is 10.3 Å². The van der Waals surface area contributed by atoms with Gasteiger partial charge in [0, 0.05) is 6.04 Å². The van der Waals surface area contributed by atoms with Gasteiger partial charge in [-0.25, -0.2) is 0 Å². The Bertz CT molecular complexity index is 218. The van der Waals surface area contributed by atoms with Crippen molar-refractivity contribution in [3.05, 3.63) is 30.3 Å². The first-order valence-electron chi connectivity index (χ1n) is 3.92. The van der Waals surface area contributed by atoms with Crippen molar-refractivity contribution in [2.24, 2.45) is 0 Å². The first kappa shape index (κ1) is 6.68. The van der Waals surface area contributed by atoms with E-state index in [2.05, 4.69) is 5.48 Å². The van der Waals surface area contributed by atoms with Crippen LogP contribution >= 0.6 is 0 Å². The third-order valence-electron chi connectivity index (χ3n) is 1.66. The second kappa shape index (κ2) is 2.93. The van der Waals surface area contributed by atoms with E-state index in [0.717, 1.165) is 5.75 Å². The van der Waals surface area contributed by atoms with Gasteiger partial charge in [-0.05, 0) is 25.0 Å². The number of rotatable bonds is 3. The van der Waals surface area contributed by atoms with Crippen LogP contribution in [0.4, 0.5) is 0 Å². The highest BCUT2D eigenvalue weighted by molar-refractivity contribution is 5.20. The fourth-order valence-corrected chi connectivity index (χ4v) is 0.841. The molecule has 2 rings (SSSR count). The van der Waals surface area contributed by atoms with Crippen LogP contribution in [0.3, 0.4) is 0 Å². The number of benzene rings is 1. The van der Waals surface area contributed by atoms with Crippen LogP contribution in [0.5, 0.6) is 5.75 Å². The molecular weight excluding hydrogens is 138 g/mol. The van der Waals surface area contributed by atoms with Gasteiger partial charge in [0.05, 0.1) is 0 Å². The van der Waals surface area contributed by atoms with E-state index >= 15 is 0 Å². The minimum atomic E-state index is 0.593. The van der Waals surface area contributed by atoms with Crippen LogP contribution in [0.25, 0.3) is 0 Å². The van der Waals surface area contributed by atoms with E-state index in [1.54, 1.807) is 0 Å². The maximum absolute atomic E-state index is 5.28. The summed E-state index contributed by atoms with van der Waals surface area (Å²) in [6.45, 7) is 0. The number of nitrogens with one attached hydrogen (secondary N) is 1. The Morgan fingerprint density at radius 2 is 1.91 bits per heavy atom. The second-order valence-corrected chi connectivity index (χ2v) is 2.81. The Hall–Kier alpha value is -1.02. The molecule has 58 valence electrons. The fraction of sp³-hybridized carbons (Fsp3) is 0.333. The summed E-state index contributed by atoms with van der Waals surface area (Å²) in [5.41, 5.74) is 2.97. The summed E-state index contributed by atoms with van der Waals surface area (Å²) in [6.07, 6.45) is 2.49. The van der Waals surface area contributed by atoms with Gasteiger partial charge in [0.15, 0.2) is 0 Å². The van der Waals surface area contributed by atoms with E-state index in [1.165, 1.54) is 12.8 Å². The number of hydrogen-bond acceptors (Lipinski definition) is 2. The SMILES string of the molecule is c1ccc(ONC2CC2)cc1. The monoisotopic (exact) mass is 149 g/mol. The van der Waals surface area contributed by atoms with Crippen LogP contribution in [0, 0.1) is 0 Å². The molecule has 0 bridgehead atoms. The molecule has 1 aromatic carbocycles. The van der Waals surface area contributed by atoms with Crippen LogP contribution in [0.2, 0.25) is 0 Å². The van der Waals surface area contributed by atoms with Crippen LogP contribution in [-0.4, -0.2) is 6.04 Å².